The van der Waals surface area contributed by atoms with Gasteiger partial charge in [0.25, 0.3) is 0 Å². The van der Waals surface area contributed by atoms with Crippen molar-refractivity contribution >= 4 is 5.78 Å². The summed E-state index contributed by atoms with van der Waals surface area (Å²) in [5.41, 5.74) is 0. The summed E-state index contributed by atoms with van der Waals surface area (Å²) in [7, 11) is 0. The lowest BCUT2D eigenvalue weighted by molar-refractivity contribution is -0.114. The van der Waals surface area contributed by atoms with E-state index in [-0.39, 0.29) is 0 Å². The number of carbonyl (C=O) groups excluding carboxylic acids is 1. The normalized spacial score (nSPS) is 34.9. The van der Waals surface area contributed by atoms with Crippen molar-refractivity contribution in [2.75, 3.05) is 0 Å². The molecular formula is C15H24O. The van der Waals surface area contributed by atoms with Crippen LogP contribution in [-0.4, -0.2) is 5.78 Å². The van der Waals surface area contributed by atoms with Crippen molar-refractivity contribution in [3.8, 4) is 0 Å². The summed E-state index contributed by atoms with van der Waals surface area (Å²) >= 11 is 0. The number of hydrogen-bond donors (Lipinski definition) is 0. The van der Waals surface area contributed by atoms with Crippen LogP contribution in [0.5, 0.6) is 0 Å². The largest absolute Gasteiger partial charge is 0.295 e. The summed E-state index contributed by atoms with van der Waals surface area (Å²) in [6.45, 7) is 0. The van der Waals surface area contributed by atoms with Crippen molar-refractivity contribution in [3.63, 3.8) is 0 Å². The van der Waals surface area contributed by atoms with Crippen LogP contribution in [-0.2, 0) is 4.79 Å². The van der Waals surface area contributed by atoms with E-state index in [1.807, 2.05) is 6.08 Å². The minimum Gasteiger partial charge on any atom is -0.295 e. The minimum atomic E-state index is 0.335. The third kappa shape index (κ3) is 4.11. The molecule has 0 aliphatic heterocycles. The molecule has 0 N–H and O–H groups in total. The topological polar surface area (TPSA) is 17.1 Å². The van der Waals surface area contributed by atoms with Gasteiger partial charge < -0.3 is 0 Å². The van der Waals surface area contributed by atoms with E-state index in [0.29, 0.717) is 5.78 Å². The first-order valence-electron chi connectivity index (χ1n) is 7.05. The Morgan fingerprint density at radius 2 is 1.69 bits per heavy atom. The van der Waals surface area contributed by atoms with Gasteiger partial charge in [-0.2, -0.15) is 0 Å². The molecule has 1 fully saturated rings. The van der Waals surface area contributed by atoms with E-state index < -0.39 is 0 Å². The number of ketones is 1. The molecule has 0 spiro atoms. The number of rotatable bonds is 0. The summed E-state index contributed by atoms with van der Waals surface area (Å²) < 4.78 is 0. The summed E-state index contributed by atoms with van der Waals surface area (Å²) in [5, 5.41) is 0. The Morgan fingerprint density at radius 3 is 2.50 bits per heavy atom. The SMILES string of the molecule is O=C1/C=C\CCCCC2CC2CCCCC1. The molecule has 1 heteroatoms. The van der Waals surface area contributed by atoms with Gasteiger partial charge in [0.05, 0.1) is 0 Å². The molecule has 1 nitrogen and oxygen atoms in total. The van der Waals surface area contributed by atoms with Crippen molar-refractivity contribution in [1.29, 1.82) is 0 Å². The Morgan fingerprint density at radius 1 is 0.938 bits per heavy atom. The molecule has 0 aromatic rings. The Kier molecular flexibility index (Phi) is 4.62. The van der Waals surface area contributed by atoms with Crippen molar-refractivity contribution in [2.24, 2.45) is 11.8 Å². The van der Waals surface area contributed by atoms with E-state index in [0.717, 1.165) is 31.1 Å². The third-order valence-corrected chi connectivity index (χ3v) is 4.07. The lowest BCUT2D eigenvalue weighted by Gasteiger charge is -2.02. The second kappa shape index (κ2) is 6.22. The van der Waals surface area contributed by atoms with E-state index >= 15 is 0 Å². The van der Waals surface area contributed by atoms with Crippen LogP contribution in [0.25, 0.3) is 0 Å². The van der Waals surface area contributed by atoms with Gasteiger partial charge in [0, 0.05) is 6.42 Å². The minimum absolute atomic E-state index is 0.335. The molecule has 1 saturated carbocycles. The van der Waals surface area contributed by atoms with Crippen LogP contribution in [0.15, 0.2) is 12.2 Å². The molecule has 0 aromatic carbocycles. The smallest absolute Gasteiger partial charge is 0.155 e. The van der Waals surface area contributed by atoms with Crippen LogP contribution in [0, 0.1) is 11.8 Å². The van der Waals surface area contributed by atoms with E-state index in [9.17, 15) is 4.79 Å². The van der Waals surface area contributed by atoms with Gasteiger partial charge in [-0.15, -0.1) is 0 Å². The van der Waals surface area contributed by atoms with E-state index in [2.05, 4.69) is 6.08 Å². The molecule has 0 aromatic heterocycles. The summed E-state index contributed by atoms with van der Waals surface area (Å²) in [6, 6.07) is 0. The van der Waals surface area contributed by atoms with E-state index in [4.69, 9.17) is 0 Å². The van der Waals surface area contributed by atoms with Gasteiger partial charge in [-0.3, -0.25) is 4.79 Å². The zero-order valence-corrected chi connectivity index (χ0v) is 10.3. The lowest BCUT2D eigenvalue weighted by atomic mass is 10.0. The number of allylic oxidation sites excluding steroid dienone is 2. The average molecular weight is 220 g/mol. The molecule has 2 unspecified atom stereocenters. The summed E-state index contributed by atoms with van der Waals surface area (Å²) in [5.74, 6) is 2.45. The molecule has 90 valence electrons. The van der Waals surface area contributed by atoms with Crippen LogP contribution >= 0.6 is 0 Å². The van der Waals surface area contributed by atoms with Gasteiger partial charge in [-0.1, -0.05) is 38.2 Å². The Hall–Kier alpha value is -0.590. The molecule has 0 bridgehead atoms. The fraction of sp³-hybridized carbons (Fsp3) is 0.800. The molecule has 0 saturated heterocycles. The van der Waals surface area contributed by atoms with Gasteiger partial charge in [-0.05, 0) is 43.6 Å². The molecule has 0 amide bonds. The second-order valence-corrected chi connectivity index (χ2v) is 5.51. The van der Waals surface area contributed by atoms with Gasteiger partial charge in [-0.25, -0.2) is 0 Å². The monoisotopic (exact) mass is 220 g/mol. The quantitative estimate of drug-likeness (QED) is 0.595. The highest BCUT2D eigenvalue weighted by molar-refractivity contribution is 5.89. The maximum absolute atomic E-state index is 11.4. The maximum Gasteiger partial charge on any atom is 0.155 e. The number of fused-ring (bicyclic) bond motifs is 1. The molecule has 0 radical (unpaired) electrons. The van der Waals surface area contributed by atoms with Crippen LogP contribution in [0.1, 0.15) is 64.2 Å². The van der Waals surface area contributed by atoms with Gasteiger partial charge >= 0.3 is 0 Å². The van der Waals surface area contributed by atoms with Gasteiger partial charge in [0.2, 0.25) is 0 Å². The third-order valence-electron chi connectivity index (χ3n) is 4.07. The number of carbonyl (C=O) groups is 1. The van der Waals surface area contributed by atoms with Crippen LogP contribution in [0.4, 0.5) is 0 Å². The molecule has 2 aliphatic rings. The highest BCUT2D eigenvalue weighted by Gasteiger charge is 2.34. The first-order chi connectivity index (χ1) is 7.86. The van der Waals surface area contributed by atoms with Crippen molar-refractivity contribution in [2.45, 2.75) is 64.2 Å². The average Bonchev–Trinajstić information content (AvgIpc) is 3.01. The standard InChI is InChI=1S/C15H24O/c16-15-10-6-2-1-4-8-13-12-14(13)9-5-3-7-11-15/h6,10,13-14H,1-5,7-9,11-12H2/b10-6-. The summed E-state index contributed by atoms with van der Waals surface area (Å²) in [4.78, 5) is 11.4. The van der Waals surface area contributed by atoms with E-state index in [1.54, 1.807) is 0 Å². The first-order valence-corrected chi connectivity index (χ1v) is 7.05. The Balaban J connectivity index is 1.74. The Labute approximate surface area is 99.3 Å². The molecule has 16 heavy (non-hydrogen) atoms. The molecule has 0 heterocycles. The highest BCUT2D eigenvalue weighted by atomic mass is 16.1. The zero-order valence-electron chi connectivity index (χ0n) is 10.3. The van der Waals surface area contributed by atoms with E-state index in [1.165, 1.54) is 44.9 Å². The predicted octanol–water partition coefficient (Wildman–Crippen LogP) is 4.27. The van der Waals surface area contributed by atoms with Crippen molar-refractivity contribution in [3.05, 3.63) is 12.2 Å². The van der Waals surface area contributed by atoms with Crippen LogP contribution < -0.4 is 0 Å². The van der Waals surface area contributed by atoms with Crippen LogP contribution in [0.3, 0.4) is 0 Å². The molecular weight excluding hydrogens is 196 g/mol. The number of hydrogen-bond acceptors (Lipinski definition) is 1. The molecule has 2 aliphatic carbocycles. The van der Waals surface area contributed by atoms with Gasteiger partial charge in [0.1, 0.15) is 0 Å². The maximum atomic E-state index is 11.4. The molecule has 2 rings (SSSR count). The van der Waals surface area contributed by atoms with Crippen molar-refractivity contribution in [1.82, 2.24) is 0 Å². The predicted molar refractivity (Wildman–Crippen MR) is 67.3 cm³/mol. The van der Waals surface area contributed by atoms with Gasteiger partial charge in [0.15, 0.2) is 5.78 Å². The Bertz CT molecular complexity index is 254. The molecule has 2 atom stereocenters. The van der Waals surface area contributed by atoms with Crippen LogP contribution in [0.2, 0.25) is 0 Å². The first kappa shape index (κ1) is 11.9. The zero-order chi connectivity index (χ0) is 11.2. The fourth-order valence-electron chi connectivity index (χ4n) is 2.87. The van der Waals surface area contributed by atoms with Crippen molar-refractivity contribution < 1.29 is 4.79 Å². The lowest BCUT2D eigenvalue weighted by Crippen LogP contribution is -1.93. The second-order valence-electron chi connectivity index (χ2n) is 5.51. The summed E-state index contributed by atoms with van der Waals surface area (Å²) in [6.07, 6.45) is 16.4. The highest BCUT2D eigenvalue weighted by Crippen LogP contribution is 2.45. The fourth-order valence-corrected chi connectivity index (χ4v) is 2.87.